The van der Waals surface area contributed by atoms with E-state index < -0.39 is 143 Å². The van der Waals surface area contributed by atoms with Gasteiger partial charge in [0.2, 0.25) is 12.2 Å². The number of aliphatic hydroxyl groups excluding tert-OH is 4. The molecule has 15 atom stereocenters. The van der Waals surface area contributed by atoms with Crippen LogP contribution in [0, 0.1) is 17.8 Å². The van der Waals surface area contributed by atoms with Gasteiger partial charge in [0, 0.05) is 41.0 Å². The quantitative estimate of drug-likeness (QED) is 0.0156. The van der Waals surface area contributed by atoms with Crippen LogP contribution in [-0.4, -0.2) is 146 Å². The highest BCUT2D eigenvalue weighted by molar-refractivity contribution is 6.11. The molecule has 5 fully saturated rings. The Labute approximate surface area is 558 Å². The van der Waals surface area contributed by atoms with Crippen molar-refractivity contribution in [2.45, 2.75) is 199 Å². The van der Waals surface area contributed by atoms with Gasteiger partial charge in [0.25, 0.3) is 5.91 Å². The molecule has 3 aliphatic carbocycles. The number of allylic oxidation sites excluding steroid dienone is 4. The molecule has 0 aromatic heterocycles. The molecular weight excluding hydrogens is 1230 g/mol. The minimum atomic E-state index is -2.01. The van der Waals surface area contributed by atoms with Crippen molar-refractivity contribution in [2.24, 2.45) is 17.8 Å². The molecule has 2 saturated heterocycles. The van der Waals surface area contributed by atoms with Crippen molar-refractivity contribution in [3.8, 4) is 23.0 Å². The Bertz CT molecular complexity index is 3760. The minimum Gasteiger partial charge on any atom is -0.482 e. The number of ether oxygens (including phenoxy) is 8. The molecule has 7 aliphatic rings. The largest absolute Gasteiger partial charge is 0.482 e. The Morgan fingerprint density at radius 1 is 0.719 bits per heavy atom. The fourth-order valence-electron chi connectivity index (χ4n) is 14.1. The highest BCUT2D eigenvalue weighted by Crippen LogP contribution is 2.70. The summed E-state index contributed by atoms with van der Waals surface area (Å²) in [6, 6.07) is 18.9. The Kier molecular flexibility index (Phi) is 20.8. The van der Waals surface area contributed by atoms with E-state index in [9.17, 15) is 44.4 Å². The number of hydrogen-bond donors (Lipinski definition) is 7. The van der Waals surface area contributed by atoms with Crippen molar-refractivity contribution in [3.63, 3.8) is 0 Å². The molecule has 512 valence electrons. The highest BCUT2D eigenvalue weighted by atomic mass is 16.7. The molecule has 1 spiro atoms. The summed E-state index contributed by atoms with van der Waals surface area (Å²) in [6.07, 6.45) is 2.53. The SMILES string of the molecule is CC(C)=CCCC1(C)C=Cc2c(c(CC=C(C)C)c3c(c2OC(=O)C(C)NC(=O)c2ccc(O[C@@H]4O[C@H](CO)[C@@H](O)[C@@H](O)[C@H]4O)cc2)C(=O)C2C(NC(C)C(=O)OCc4ccccc4)C4CC5C(C)(C)OC(C/C=C(/C)C(=O)NC(C)C(=O)OCc6ccccc6)(C4=O)C25O3)O1. The van der Waals surface area contributed by atoms with E-state index in [1.165, 1.54) is 45.0 Å². The Morgan fingerprint density at radius 3 is 1.95 bits per heavy atom. The predicted molar refractivity (Wildman–Crippen MR) is 350 cm³/mol. The first-order chi connectivity index (χ1) is 45.5. The molecule has 3 saturated carbocycles. The van der Waals surface area contributed by atoms with Crippen molar-refractivity contribution < 1.29 is 91.9 Å². The molecule has 4 aromatic rings. The average molecular weight is 1320 g/mol. The van der Waals surface area contributed by atoms with Gasteiger partial charge in [-0.3, -0.25) is 24.0 Å². The molecule has 7 N–H and O–H groups in total. The van der Waals surface area contributed by atoms with Crippen molar-refractivity contribution in [1.29, 1.82) is 0 Å². The zero-order chi connectivity index (χ0) is 69.3. The fraction of sp³-hybridized carbons (Fsp3) is 0.473. The van der Waals surface area contributed by atoms with Crippen molar-refractivity contribution in [2.75, 3.05) is 6.61 Å². The molecule has 22 heteroatoms. The Balaban J connectivity index is 1.06. The van der Waals surface area contributed by atoms with Crippen LogP contribution in [0.5, 0.6) is 23.0 Å². The third kappa shape index (κ3) is 13.8. The summed E-state index contributed by atoms with van der Waals surface area (Å²) < 4.78 is 51.3. The molecule has 4 bridgehead atoms. The number of amides is 2. The molecule has 22 nitrogen and oxygen atoms in total. The van der Waals surface area contributed by atoms with Crippen LogP contribution in [0.1, 0.15) is 145 Å². The molecule has 96 heavy (non-hydrogen) atoms. The number of fused-ring (bicyclic) bond motifs is 2. The maximum Gasteiger partial charge on any atom is 0.333 e. The number of aliphatic hydroxyl groups is 4. The predicted octanol–water partition coefficient (Wildman–Crippen LogP) is 7.38. The van der Waals surface area contributed by atoms with Crippen molar-refractivity contribution in [3.05, 3.63) is 159 Å². The lowest BCUT2D eigenvalue weighted by molar-refractivity contribution is -0.277. The summed E-state index contributed by atoms with van der Waals surface area (Å²) in [7, 11) is 0. The first kappa shape index (κ1) is 70.5. The number of esters is 3. The van der Waals surface area contributed by atoms with Gasteiger partial charge in [0.1, 0.15) is 84.2 Å². The van der Waals surface area contributed by atoms with Crippen LogP contribution >= 0.6 is 0 Å². The van der Waals surface area contributed by atoms with Gasteiger partial charge in [-0.2, -0.15) is 0 Å². The second-order valence-corrected chi connectivity index (χ2v) is 27.2. The van der Waals surface area contributed by atoms with Crippen LogP contribution in [0.15, 0.2) is 126 Å². The number of carbonyl (C=O) groups is 7. The van der Waals surface area contributed by atoms with E-state index in [4.69, 9.17) is 37.9 Å². The third-order valence-corrected chi connectivity index (χ3v) is 19.2. The highest BCUT2D eigenvalue weighted by Gasteiger charge is 2.85. The average Bonchev–Trinajstić information content (AvgIpc) is 1.42. The summed E-state index contributed by atoms with van der Waals surface area (Å²) in [5, 5.41) is 49.6. The molecule has 4 aromatic carbocycles. The van der Waals surface area contributed by atoms with Crippen LogP contribution < -0.4 is 34.9 Å². The van der Waals surface area contributed by atoms with E-state index in [1.54, 1.807) is 19.1 Å². The Hall–Kier alpha value is -8.35. The molecule has 2 amide bonds. The van der Waals surface area contributed by atoms with Gasteiger partial charge in [0.05, 0.1) is 23.7 Å². The monoisotopic (exact) mass is 1320 g/mol. The lowest BCUT2D eigenvalue weighted by Crippen LogP contribution is -2.82. The molecule has 0 radical (unpaired) electrons. The number of carbonyl (C=O) groups excluding carboxylic acids is 7. The van der Waals surface area contributed by atoms with Gasteiger partial charge in [-0.05, 0) is 149 Å². The van der Waals surface area contributed by atoms with Gasteiger partial charge < -0.3 is 74.3 Å². The van der Waals surface area contributed by atoms with Gasteiger partial charge >= 0.3 is 17.9 Å². The van der Waals surface area contributed by atoms with E-state index in [0.717, 1.165) is 22.3 Å². The van der Waals surface area contributed by atoms with E-state index >= 15 is 9.59 Å². The number of rotatable bonds is 24. The molecule has 4 heterocycles. The molecule has 4 aliphatic heterocycles. The summed E-state index contributed by atoms with van der Waals surface area (Å²) in [5.74, 6) is -7.90. The van der Waals surface area contributed by atoms with E-state index in [0.29, 0.717) is 18.4 Å². The topological polar surface area (TPSA) is 310 Å². The Morgan fingerprint density at radius 2 is 1.33 bits per heavy atom. The van der Waals surface area contributed by atoms with Gasteiger partial charge in [-0.15, -0.1) is 0 Å². The van der Waals surface area contributed by atoms with Crippen LogP contribution in [-0.2, 0) is 62.6 Å². The van der Waals surface area contributed by atoms with Crippen LogP contribution in [0.2, 0.25) is 0 Å². The van der Waals surface area contributed by atoms with Crippen molar-refractivity contribution >= 4 is 47.4 Å². The summed E-state index contributed by atoms with van der Waals surface area (Å²) in [5.41, 5.74) is -2.01. The number of nitrogens with one attached hydrogen (secondary N) is 3. The van der Waals surface area contributed by atoms with Crippen LogP contribution in [0.4, 0.5) is 0 Å². The molecule has 11 rings (SSSR count). The second kappa shape index (κ2) is 28.4. The van der Waals surface area contributed by atoms with Crippen molar-refractivity contribution in [1.82, 2.24) is 16.0 Å². The van der Waals surface area contributed by atoms with E-state index in [2.05, 4.69) is 22.0 Å². The standard InChI is InChI=1S/C74H87N3O19/c1-39(2)19-18-32-72(11)33-31-50-61(94-72)49(29-24-40(3)4)63-54(62(50)93-69(88)44(8)77-66(85)47-25-27-48(28-26-47)91-70-60(82)59(81)57(79)52(36-78)92-70)58(80)55-56(75-42(6)67(86)89-37-45-20-14-12-15-21-45)51-35-53-71(9,10)96-73(64(51)83,74(53,55)95-63)34-30-41(5)65(84)76-43(7)68(87)90-38-46-22-16-13-17-23-46/h12-17,19-28,30-31,33,42-44,51-53,55-57,59-60,70,75,78-79,81-82H,18,29,32,34-38H2,1-11H3,(H,76,84)(H,77,85)/b41-30-/t42?,43?,44?,51?,52-,53?,55?,56?,57-,59-,60-,70-,72?,73?,74?/m1/s1. The van der Waals surface area contributed by atoms with Gasteiger partial charge in [0.15, 0.2) is 28.5 Å². The summed E-state index contributed by atoms with van der Waals surface area (Å²) in [4.78, 5) is 104. The van der Waals surface area contributed by atoms with E-state index in [1.807, 2.05) is 121 Å². The van der Waals surface area contributed by atoms with Crippen LogP contribution in [0.3, 0.4) is 0 Å². The smallest absolute Gasteiger partial charge is 0.333 e. The van der Waals surface area contributed by atoms with Crippen LogP contribution in [0.25, 0.3) is 6.08 Å². The number of Topliss-reactive ketones (excluding diaryl/α,β-unsaturated/α-hetero) is 2. The third-order valence-electron chi connectivity index (χ3n) is 19.2. The number of benzene rings is 4. The lowest BCUT2D eigenvalue weighted by Gasteiger charge is -2.63. The van der Waals surface area contributed by atoms with Gasteiger partial charge in [-0.25, -0.2) is 9.59 Å². The maximum absolute atomic E-state index is 17.0. The molecular formula is C74H87N3O19. The zero-order valence-electron chi connectivity index (χ0n) is 56.0. The first-order valence-electron chi connectivity index (χ1n) is 32.6. The minimum absolute atomic E-state index is 0.0147. The fourth-order valence-corrected chi connectivity index (χ4v) is 14.1. The zero-order valence-corrected chi connectivity index (χ0v) is 56.0. The molecule has 10 unspecified atom stereocenters. The summed E-state index contributed by atoms with van der Waals surface area (Å²) >= 11 is 0. The number of hydrogen-bond acceptors (Lipinski definition) is 20. The second-order valence-electron chi connectivity index (χ2n) is 27.2. The maximum atomic E-state index is 17.0. The first-order valence-corrected chi connectivity index (χ1v) is 32.6. The lowest BCUT2D eigenvalue weighted by atomic mass is 9.45. The summed E-state index contributed by atoms with van der Waals surface area (Å²) in [6.45, 7) is 18.7. The van der Waals surface area contributed by atoms with E-state index in [-0.39, 0.29) is 77.7 Å². The van der Waals surface area contributed by atoms with Gasteiger partial charge in [-0.1, -0.05) is 90.0 Å². The normalized spacial score (nSPS) is 28.2. The number of ketones is 2.